The summed E-state index contributed by atoms with van der Waals surface area (Å²) in [4.78, 5) is 44.5. The Labute approximate surface area is 237 Å². The molecule has 3 rings (SSSR count). The topological polar surface area (TPSA) is 157 Å². The van der Waals surface area contributed by atoms with Crippen LogP contribution in [-0.2, 0) is 33.8 Å². The summed E-state index contributed by atoms with van der Waals surface area (Å²) in [5.74, 6) is -7.18. The highest BCUT2D eigenvalue weighted by Crippen LogP contribution is 2.23. The van der Waals surface area contributed by atoms with Crippen molar-refractivity contribution < 1.29 is 69.2 Å². The molecule has 242 valence electrons. The van der Waals surface area contributed by atoms with Gasteiger partial charge >= 0.3 is 36.4 Å². The molecule has 0 aromatic carbocycles. The summed E-state index contributed by atoms with van der Waals surface area (Å²) < 4.78 is 95.2. The fourth-order valence-corrected chi connectivity index (χ4v) is 2.94. The third kappa shape index (κ3) is 15.5. The van der Waals surface area contributed by atoms with E-state index < -0.39 is 36.4 Å². The van der Waals surface area contributed by atoms with E-state index in [1.54, 1.807) is 6.33 Å². The zero-order valence-electron chi connectivity index (χ0n) is 22.3. The highest BCUT2D eigenvalue weighted by Gasteiger charge is 2.39. The summed E-state index contributed by atoms with van der Waals surface area (Å²) in [5.41, 5.74) is 3.85. The van der Waals surface area contributed by atoms with Crippen LogP contribution >= 0.6 is 0 Å². The lowest BCUT2D eigenvalue weighted by Crippen LogP contribution is -2.26. The Morgan fingerprint density at radius 3 is 1.63 bits per heavy atom. The molecule has 0 saturated carbocycles. The Kier molecular flexibility index (Phi) is 15.3. The number of aliphatic carboxylic acids is 3. The van der Waals surface area contributed by atoms with E-state index in [1.165, 1.54) is 16.8 Å². The van der Waals surface area contributed by atoms with Gasteiger partial charge in [0.2, 0.25) is 0 Å². The van der Waals surface area contributed by atoms with Crippen molar-refractivity contribution in [2.45, 2.75) is 44.8 Å². The van der Waals surface area contributed by atoms with Crippen LogP contribution in [-0.4, -0.2) is 98.3 Å². The Balaban J connectivity index is 0.000000690. The van der Waals surface area contributed by atoms with Crippen molar-refractivity contribution in [1.82, 2.24) is 19.9 Å². The summed E-state index contributed by atoms with van der Waals surface area (Å²) in [5, 5.41) is 21.4. The Hall–Kier alpha value is -4.23. The van der Waals surface area contributed by atoms with Crippen molar-refractivity contribution in [3.05, 3.63) is 47.7 Å². The van der Waals surface area contributed by atoms with Crippen LogP contribution in [0.2, 0.25) is 0 Å². The van der Waals surface area contributed by atoms with Crippen molar-refractivity contribution in [2.24, 2.45) is 0 Å². The molecule has 11 nitrogen and oxygen atoms in total. The SMILES string of the molecule is CCN(C)c1ncnc2c1CCN(Cc1ccncc1)CC2.O=C(O)C(F)(F)F.O=C(O)C(F)(F)F.O=C(O)C(F)(F)F. The lowest BCUT2D eigenvalue weighted by molar-refractivity contribution is -0.193. The molecule has 0 spiro atoms. The fraction of sp³-hybridized carbons (Fsp3) is 0.478. The molecule has 43 heavy (non-hydrogen) atoms. The van der Waals surface area contributed by atoms with Crippen LogP contribution in [0.25, 0.3) is 0 Å². The van der Waals surface area contributed by atoms with Gasteiger partial charge in [-0.2, -0.15) is 39.5 Å². The lowest BCUT2D eigenvalue weighted by Gasteiger charge is -2.21. The summed E-state index contributed by atoms with van der Waals surface area (Å²) in [6.45, 7) is 6.18. The number of aromatic nitrogens is 3. The summed E-state index contributed by atoms with van der Waals surface area (Å²) >= 11 is 0. The maximum atomic E-state index is 10.6. The molecule has 3 N–H and O–H groups in total. The van der Waals surface area contributed by atoms with Gasteiger partial charge in [-0.15, -0.1) is 0 Å². The van der Waals surface area contributed by atoms with Crippen LogP contribution in [0, 0.1) is 0 Å². The van der Waals surface area contributed by atoms with Gasteiger partial charge in [0.1, 0.15) is 12.1 Å². The number of carboxylic acid groups (broad SMARTS) is 3. The normalized spacial score (nSPS) is 13.3. The van der Waals surface area contributed by atoms with E-state index in [-0.39, 0.29) is 0 Å². The molecular formula is C23H26F9N5O6. The number of nitrogens with zero attached hydrogens (tertiary/aromatic N) is 5. The fourth-order valence-electron chi connectivity index (χ4n) is 2.94. The van der Waals surface area contributed by atoms with Crippen LogP contribution in [0.5, 0.6) is 0 Å². The number of carboxylic acids is 3. The average molecular weight is 639 g/mol. The first-order chi connectivity index (χ1) is 19.6. The third-order valence-corrected chi connectivity index (χ3v) is 5.07. The number of carbonyl (C=O) groups is 3. The molecule has 1 aliphatic rings. The van der Waals surface area contributed by atoms with Crippen molar-refractivity contribution in [3.8, 4) is 0 Å². The first-order valence-corrected chi connectivity index (χ1v) is 11.7. The number of hydrogen-bond donors (Lipinski definition) is 3. The van der Waals surface area contributed by atoms with Crippen LogP contribution in [0.15, 0.2) is 30.9 Å². The molecule has 0 radical (unpaired) electrons. The predicted molar refractivity (Wildman–Crippen MR) is 129 cm³/mol. The van der Waals surface area contributed by atoms with E-state index in [0.29, 0.717) is 0 Å². The first kappa shape index (κ1) is 38.8. The van der Waals surface area contributed by atoms with Crippen LogP contribution in [0.3, 0.4) is 0 Å². The van der Waals surface area contributed by atoms with Gasteiger partial charge in [0.05, 0.1) is 5.69 Å². The summed E-state index contributed by atoms with van der Waals surface area (Å²) in [7, 11) is 2.10. The van der Waals surface area contributed by atoms with Crippen molar-refractivity contribution in [3.63, 3.8) is 0 Å². The summed E-state index contributed by atoms with van der Waals surface area (Å²) in [6, 6.07) is 4.18. The summed E-state index contributed by atoms with van der Waals surface area (Å²) in [6.07, 6.45) is -7.81. The minimum absolute atomic E-state index is 0.962. The average Bonchev–Trinajstić information content (AvgIpc) is 3.10. The van der Waals surface area contributed by atoms with Crippen LogP contribution in [0.1, 0.15) is 23.7 Å². The smallest absolute Gasteiger partial charge is 0.475 e. The maximum absolute atomic E-state index is 10.6. The molecule has 0 aliphatic carbocycles. The number of halogens is 9. The zero-order chi connectivity index (χ0) is 33.6. The highest BCUT2D eigenvalue weighted by atomic mass is 19.4. The van der Waals surface area contributed by atoms with Gasteiger partial charge < -0.3 is 20.2 Å². The van der Waals surface area contributed by atoms with E-state index in [1.807, 2.05) is 12.4 Å². The molecule has 2 aromatic heterocycles. The second-order valence-corrected chi connectivity index (χ2v) is 8.18. The quantitative estimate of drug-likeness (QED) is 0.418. The minimum Gasteiger partial charge on any atom is -0.475 e. The number of alkyl halides is 9. The highest BCUT2D eigenvalue weighted by molar-refractivity contribution is 5.73. The first-order valence-electron chi connectivity index (χ1n) is 11.7. The number of fused-ring (bicyclic) bond motifs is 1. The monoisotopic (exact) mass is 639 g/mol. The van der Waals surface area contributed by atoms with Crippen LogP contribution in [0.4, 0.5) is 45.3 Å². The number of pyridine rings is 1. The molecular weight excluding hydrogens is 613 g/mol. The molecule has 0 saturated heterocycles. The molecule has 1 aliphatic heterocycles. The third-order valence-electron chi connectivity index (χ3n) is 5.07. The van der Waals surface area contributed by atoms with E-state index in [9.17, 15) is 39.5 Å². The minimum atomic E-state index is -5.08. The molecule has 20 heteroatoms. The largest absolute Gasteiger partial charge is 0.490 e. The van der Waals surface area contributed by atoms with E-state index in [2.05, 4.69) is 50.9 Å². The lowest BCUT2D eigenvalue weighted by atomic mass is 10.1. The second kappa shape index (κ2) is 17.0. The Bertz CT molecular complexity index is 1120. The van der Waals surface area contributed by atoms with Gasteiger partial charge in [-0.1, -0.05) is 0 Å². The van der Waals surface area contributed by atoms with Crippen molar-refractivity contribution in [1.29, 1.82) is 0 Å². The van der Waals surface area contributed by atoms with Crippen molar-refractivity contribution >= 4 is 23.7 Å². The van der Waals surface area contributed by atoms with E-state index >= 15 is 0 Å². The van der Waals surface area contributed by atoms with Gasteiger partial charge in [-0.3, -0.25) is 9.88 Å². The van der Waals surface area contributed by atoms with Gasteiger partial charge in [0.15, 0.2) is 0 Å². The number of hydrogen-bond acceptors (Lipinski definition) is 8. The van der Waals surface area contributed by atoms with E-state index in [4.69, 9.17) is 29.7 Å². The number of rotatable bonds is 4. The number of anilines is 1. The van der Waals surface area contributed by atoms with Gasteiger partial charge in [-0.05, 0) is 31.0 Å². The van der Waals surface area contributed by atoms with Crippen molar-refractivity contribution in [2.75, 3.05) is 31.6 Å². The zero-order valence-corrected chi connectivity index (χ0v) is 22.3. The van der Waals surface area contributed by atoms with Crippen LogP contribution < -0.4 is 4.90 Å². The Morgan fingerprint density at radius 2 is 1.23 bits per heavy atom. The molecule has 3 heterocycles. The molecule has 0 atom stereocenters. The molecule has 0 unspecified atom stereocenters. The van der Waals surface area contributed by atoms with Gasteiger partial charge in [0.25, 0.3) is 0 Å². The molecule has 0 bridgehead atoms. The second-order valence-electron chi connectivity index (χ2n) is 8.18. The van der Waals surface area contributed by atoms with Gasteiger partial charge in [-0.25, -0.2) is 24.4 Å². The van der Waals surface area contributed by atoms with Gasteiger partial charge in [0, 0.05) is 57.6 Å². The predicted octanol–water partition coefficient (Wildman–Crippen LogP) is 3.83. The molecule has 0 fully saturated rings. The van der Waals surface area contributed by atoms with E-state index in [0.717, 1.165) is 44.8 Å². The molecule has 2 aromatic rings. The standard InChI is InChI=1S/C17H23N5.3C2HF3O2/c1-3-21(2)17-15-6-10-22(11-7-16(15)19-13-20-17)12-14-4-8-18-9-5-14;3*3-2(4,5)1(6)7/h4-5,8-9,13H,3,6-7,10-12H2,1-2H3;3*(H,6,7). The molecule has 0 amide bonds. The maximum Gasteiger partial charge on any atom is 0.490 e. The Morgan fingerprint density at radius 1 is 0.814 bits per heavy atom.